The number of hydrogen-bond acceptors (Lipinski definition) is 5. The van der Waals surface area contributed by atoms with E-state index in [0.29, 0.717) is 5.52 Å². The first-order chi connectivity index (χ1) is 10.6. The molecular weight excluding hydrogens is 368 g/mol. The summed E-state index contributed by atoms with van der Waals surface area (Å²) in [5, 5.41) is 9.34. The van der Waals surface area contributed by atoms with Crippen molar-refractivity contribution in [3.63, 3.8) is 0 Å². The number of fused-ring (bicyclic) bond motifs is 1. The summed E-state index contributed by atoms with van der Waals surface area (Å²) < 4.78 is 11.3. The molecule has 0 aliphatic carbocycles. The summed E-state index contributed by atoms with van der Waals surface area (Å²) in [5.41, 5.74) is 6.14. The summed E-state index contributed by atoms with van der Waals surface area (Å²) in [6, 6.07) is 1.57. The van der Waals surface area contributed by atoms with Crippen LogP contribution in [0.4, 0.5) is 0 Å². The lowest BCUT2D eigenvalue weighted by atomic mass is 10.1. The van der Waals surface area contributed by atoms with Gasteiger partial charge in [-0.15, -0.1) is 0 Å². The molecule has 1 aromatic carbocycles. The van der Waals surface area contributed by atoms with Gasteiger partial charge in [-0.2, -0.15) is 0 Å². The maximum Gasteiger partial charge on any atom is 0.331 e. The molecule has 124 valence electrons. The summed E-state index contributed by atoms with van der Waals surface area (Å²) in [4.78, 5) is 37.5. The first-order valence-electron chi connectivity index (χ1n) is 6.24. The first kappa shape index (κ1) is 18.1. The molecule has 2 aromatic rings. The molecular formula is C12H12Cl2N3O5P. The lowest BCUT2D eigenvalue weighted by Gasteiger charge is -2.13. The predicted molar refractivity (Wildman–Crippen MR) is 84.6 cm³/mol. The molecule has 8 nitrogen and oxygen atoms in total. The molecule has 1 aromatic heterocycles. The van der Waals surface area contributed by atoms with E-state index in [1.807, 2.05) is 0 Å². The molecule has 23 heavy (non-hydrogen) atoms. The van der Waals surface area contributed by atoms with E-state index in [1.54, 1.807) is 0 Å². The van der Waals surface area contributed by atoms with Crippen LogP contribution in [0.2, 0.25) is 10.0 Å². The minimum atomic E-state index is -4.43. The van der Waals surface area contributed by atoms with E-state index >= 15 is 0 Å². The second-order valence-corrected chi connectivity index (χ2v) is 7.30. The number of benzene rings is 1. The van der Waals surface area contributed by atoms with E-state index < -0.39 is 25.8 Å². The summed E-state index contributed by atoms with van der Waals surface area (Å²) in [6.45, 7) is 0. The number of halogens is 2. The minimum Gasteiger partial charge on any atom is -0.480 e. The van der Waals surface area contributed by atoms with Gasteiger partial charge in [-0.3, -0.25) is 9.36 Å². The van der Waals surface area contributed by atoms with E-state index in [4.69, 9.17) is 43.8 Å². The van der Waals surface area contributed by atoms with E-state index in [0.717, 1.165) is 0 Å². The van der Waals surface area contributed by atoms with Gasteiger partial charge < -0.3 is 20.6 Å². The zero-order valence-corrected chi connectivity index (χ0v) is 13.9. The van der Waals surface area contributed by atoms with Crippen molar-refractivity contribution in [2.45, 2.75) is 18.6 Å². The Labute approximate surface area is 140 Å². The predicted octanol–water partition coefficient (Wildman–Crippen LogP) is 1.57. The number of hydrogen-bond donors (Lipinski definition) is 4. The highest BCUT2D eigenvalue weighted by atomic mass is 35.5. The zero-order valence-electron chi connectivity index (χ0n) is 11.5. The average molecular weight is 380 g/mol. The van der Waals surface area contributed by atoms with Crippen LogP contribution in [0.3, 0.4) is 0 Å². The fourth-order valence-corrected chi connectivity index (χ4v) is 2.86. The van der Waals surface area contributed by atoms with Gasteiger partial charge in [0, 0.05) is 6.42 Å². The third-order valence-electron chi connectivity index (χ3n) is 2.95. The molecule has 0 aliphatic rings. The molecule has 0 saturated heterocycles. The van der Waals surface area contributed by atoms with E-state index in [2.05, 4.69) is 9.97 Å². The van der Waals surface area contributed by atoms with Gasteiger partial charge in [0.25, 0.3) is 0 Å². The number of aromatic nitrogens is 2. The van der Waals surface area contributed by atoms with Crippen molar-refractivity contribution in [3.8, 4) is 0 Å². The Morgan fingerprint density at radius 3 is 2.09 bits per heavy atom. The molecule has 1 heterocycles. The Bertz CT molecular complexity index is 826. The third-order valence-corrected chi connectivity index (χ3v) is 4.38. The summed E-state index contributed by atoms with van der Waals surface area (Å²) in [5.74, 6) is -1.26. The number of rotatable bonds is 5. The monoisotopic (exact) mass is 379 g/mol. The quantitative estimate of drug-likeness (QED) is 0.572. The van der Waals surface area contributed by atoms with Crippen LogP contribution in [0.5, 0.6) is 0 Å². The van der Waals surface area contributed by atoms with Crippen LogP contribution >= 0.6 is 30.8 Å². The molecule has 0 fully saturated rings. The van der Waals surface area contributed by atoms with E-state index in [-0.39, 0.29) is 33.4 Å². The van der Waals surface area contributed by atoms with E-state index in [1.165, 1.54) is 12.1 Å². The van der Waals surface area contributed by atoms with Crippen molar-refractivity contribution in [1.82, 2.24) is 9.97 Å². The number of aliphatic carboxylic acids is 1. The largest absolute Gasteiger partial charge is 0.480 e. The van der Waals surface area contributed by atoms with Crippen molar-refractivity contribution in [2.24, 2.45) is 5.73 Å². The van der Waals surface area contributed by atoms with Crippen molar-refractivity contribution in [3.05, 3.63) is 33.6 Å². The fourth-order valence-electron chi connectivity index (χ4n) is 1.91. The summed E-state index contributed by atoms with van der Waals surface area (Å²) in [6.07, 6.45) is -0.911. The highest BCUT2D eigenvalue weighted by molar-refractivity contribution is 7.50. The Hall–Kier alpha value is -1.28. The average Bonchev–Trinajstić information content (AvgIpc) is 2.39. The molecule has 0 saturated carbocycles. The number of nitrogens with two attached hydrogens (primary N) is 1. The van der Waals surface area contributed by atoms with Gasteiger partial charge in [0.15, 0.2) is 0 Å². The van der Waals surface area contributed by atoms with Crippen LogP contribution in [0.1, 0.15) is 11.4 Å². The summed E-state index contributed by atoms with van der Waals surface area (Å²) >= 11 is 11.8. The van der Waals surface area contributed by atoms with Gasteiger partial charge >= 0.3 is 13.6 Å². The maximum atomic E-state index is 11.3. The lowest BCUT2D eigenvalue weighted by Crippen LogP contribution is -2.33. The minimum absolute atomic E-state index is 0.0269. The van der Waals surface area contributed by atoms with Gasteiger partial charge in [0.2, 0.25) is 0 Å². The SMILES string of the molecule is NC(Cc1nc2cc(Cl)c(Cl)cc2nc1CP(=O)(O)O)C(=O)O. The summed E-state index contributed by atoms with van der Waals surface area (Å²) in [7, 11) is -4.43. The third kappa shape index (κ3) is 4.60. The van der Waals surface area contributed by atoms with Crippen LogP contribution in [0.15, 0.2) is 12.1 Å². The van der Waals surface area contributed by atoms with Crippen LogP contribution < -0.4 is 5.73 Å². The molecule has 1 unspecified atom stereocenters. The zero-order chi connectivity index (χ0) is 17.4. The van der Waals surface area contributed by atoms with Gasteiger partial charge in [-0.25, -0.2) is 9.97 Å². The van der Waals surface area contributed by atoms with Crippen LogP contribution in [0.25, 0.3) is 11.0 Å². The normalized spacial score (nSPS) is 13.3. The number of carboxylic acid groups (broad SMARTS) is 1. The van der Waals surface area contributed by atoms with Gasteiger partial charge in [0.1, 0.15) is 6.04 Å². The first-order valence-corrected chi connectivity index (χ1v) is 8.79. The molecule has 0 radical (unpaired) electrons. The molecule has 11 heteroatoms. The molecule has 2 rings (SSSR count). The molecule has 5 N–H and O–H groups in total. The second kappa shape index (κ2) is 6.68. The van der Waals surface area contributed by atoms with Crippen molar-refractivity contribution >= 4 is 47.8 Å². The van der Waals surface area contributed by atoms with E-state index in [9.17, 15) is 9.36 Å². The Morgan fingerprint density at radius 2 is 1.65 bits per heavy atom. The van der Waals surface area contributed by atoms with Crippen LogP contribution in [0, 0.1) is 0 Å². The topological polar surface area (TPSA) is 147 Å². The standard InChI is InChI=1S/C12H12Cl2N3O5P/c13-5-1-8-9(2-6(5)14)17-11(4-23(20,21)22)10(16-8)3-7(15)12(18)19/h1-2,7H,3-4,15H2,(H,18,19)(H2,20,21,22). The van der Waals surface area contributed by atoms with Gasteiger partial charge in [-0.1, -0.05) is 23.2 Å². The maximum absolute atomic E-state index is 11.3. The fraction of sp³-hybridized carbons (Fsp3) is 0.250. The molecule has 1 atom stereocenters. The van der Waals surface area contributed by atoms with Crippen molar-refractivity contribution in [1.29, 1.82) is 0 Å². The number of carbonyl (C=O) groups is 1. The highest BCUT2D eigenvalue weighted by Gasteiger charge is 2.23. The van der Waals surface area contributed by atoms with Gasteiger partial charge in [0.05, 0.1) is 38.6 Å². The molecule has 0 aliphatic heterocycles. The number of nitrogens with zero attached hydrogens (tertiary/aromatic N) is 2. The molecule has 0 spiro atoms. The van der Waals surface area contributed by atoms with Crippen molar-refractivity contribution in [2.75, 3.05) is 0 Å². The van der Waals surface area contributed by atoms with Crippen LogP contribution in [-0.4, -0.2) is 36.9 Å². The van der Waals surface area contributed by atoms with Crippen molar-refractivity contribution < 1.29 is 24.3 Å². The van der Waals surface area contributed by atoms with Gasteiger partial charge in [-0.05, 0) is 12.1 Å². The Morgan fingerprint density at radius 1 is 1.17 bits per heavy atom. The second-order valence-electron chi connectivity index (χ2n) is 4.84. The van der Waals surface area contributed by atoms with Crippen LogP contribution in [-0.2, 0) is 21.9 Å². The lowest BCUT2D eigenvalue weighted by molar-refractivity contribution is -0.138. The highest BCUT2D eigenvalue weighted by Crippen LogP contribution is 2.39. The Balaban J connectivity index is 2.59. The molecule has 0 amide bonds. The number of carboxylic acids is 1. The Kier molecular flexibility index (Phi) is 5.25. The smallest absolute Gasteiger partial charge is 0.331 e. The molecule has 0 bridgehead atoms.